The van der Waals surface area contributed by atoms with Gasteiger partial charge >= 0.3 is 0 Å². The molecule has 2 N–H and O–H groups in total. The van der Waals surface area contributed by atoms with Gasteiger partial charge in [0.1, 0.15) is 5.75 Å². The van der Waals surface area contributed by atoms with Gasteiger partial charge in [-0.3, -0.25) is 4.21 Å². The molecule has 1 rings (SSSR count). The van der Waals surface area contributed by atoms with Crippen molar-refractivity contribution in [3.05, 3.63) is 24.3 Å². The lowest BCUT2D eigenvalue weighted by Crippen LogP contribution is -2.25. The van der Waals surface area contributed by atoms with E-state index in [1.807, 2.05) is 25.1 Å². The van der Waals surface area contributed by atoms with E-state index in [9.17, 15) is 4.21 Å². The van der Waals surface area contributed by atoms with Gasteiger partial charge < -0.3 is 15.2 Å². The maximum absolute atomic E-state index is 12.1. The Hall–Kier alpha value is -0.910. The maximum Gasteiger partial charge on any atom is 0.120 e. The number of hydrogen-bond acceptors (Lipinski definition) is 4. The summed E-state index contributed by atoms with van der Waals surface area (Å²) in [5.41, 5.74) is 5.59. The summed E-state index contributed by atoms with van der Waals surface area (Å²) in [7, 11) is 0.562. The molecule has 18 heavy (non-hydrogen) atoms. The van der Waals surface area contributed by atoms with Gasteiger partial charge in [0.2, 0.25) is 0 Å². The summed E-state index contributed by atoms with van der Waals surface area (Å²) in [5, 5.41) is 0. The summed E-state index contributed by atoms with van der Waals surface area (Å²) >= 11 is 0. The molecule has 102 valence electrons. The molecule has 0 radical (unpaired) electrons. The Labute approximate surface area is 111 Å². The lowest BCUT2D eigenvalue weighted by atomic mass is 10.3. The van der Waals surface area contributed by atoms with Crippen LogP contribution in [0, 0.1) is 0 Å². The van der Waals surface area contributed by atoms with E-state index in [1.165, 1.54) is 0 Å². The van der Waals surface area contributed by atoms with Crippen LogP contribution < -0.4 is 10.5 Å². The van der Waals surface area contributed by atoms with Crippen molar-refractivity contribution >= 4 is 10.8 Å². The van der Waals surface area contributed by atoms with E-state index in [4.69, 9.17) is 15.2 Å². The van der Waals surface area contributed by atoms with Gasteiger partial charge in [0.25, 0.3) is 0 Å². The molecule has 0 aliphatic rings. The zero-order valence-electron chi connectivity index (χ0n) is 10.9. The average Bonchev–Trinajstić information content (AvgIpc) is 2.43. The second-order valence-electron chi connectivity index (χ2n) is 3.83. The van der Waals surface area contributed by atoms with Crippen LogP contribution in [0.4, 0.5) is 0 Å². The van der Waals surface area contributed by atoms with Crippen molar-refractivity contribution < 1.29 is 13.7 Å². The minimum absolute atomic E-state index is 0.00967. The summed E-state index contributed by atoms with van der Waals surface area (Å²) < 4.78 is 22.6. The standard InChI is InChI=1S/C13H21NO3S/c1-3-17-12(10-14)7-8-18(15)13-6-4-5-11(9-13)16-2/h4-6,9,12H,3,7-8,10,14H2,1-2H3. The Morgan fingerprint density at radius 1 is 1.44 bits per heavy atom. The Morgan fingerprint density at radius 3 is 2.83 bits per heavy atom. The number of benzene rings is 1. The van der Waals surface area contributed by atoms with E-state index in [0.717, 1.165) is 10.6 Å². The summed E-state index contributed by atoms with van der Waals surface area (Å²) in [6.07, 6.45) is 0.693. The highest BCUT2D eigenvalue weighted by Gasteiger charge is 2.10. The molecule has 0 spiro atoms. The van der Waals surface area contributed by atoms with E-state index in [-0.39, 0.29) is 6.10 Å². The Kier molecular flexibility index (Phi) is 6.93. The van der Waals surface area contributed by atoms with E-state index in [2.05, 4.69) is 0 Å². The molecule has 4 nitrogen and oxygen atoms in total. The number of ether oxygens (including phenoxy) is 2. The van der Waals surface area contributed by atoms with Crippen LogP contribution >= 0.6 is 0 Å². The Morgan fingerprint density at radius 2 is 2.22 bits per heavy atom. The lowest BCUT2D eigenvalue weighted by molar-refractivity contribution is 0.0672. The van der Waals surface area contributed by atoms with Gasteiger partial charge in [0.15, 0.2) is 0 Å². The van der Waals surface area contributed by atoms with Crippen LogP contribution in [0.1, 0.15) is 13.3 Å². The summed E-state index contributed by atoms with van der Waals surface area (Å²) in [6.45, 7) is 3.03. The molecular formula is C13H21NO3S. The van der Waals surface area contributed by atoms with Crippen LogP contribution in [0.15, 0.2) is 29.2 Å². The number of methoxy groups -OCH3 is 1. The third kappa shape index (κ3) is 4.76. The molecule has 0 heterocycles. The smallest absolute Gasteiger partial charge is 0.120 e. The molecular weight excluding hydrogens is 250 g/mol. The molecule has 0 bridgehead atoms. The topological polar surface area (TPSA) is 61.5 Å². The van der Waals surface area contributed by atoms with Crippen LogP contribution in [0.3, 0.4) is 0 Å². The second kappa shape index (κ2) is 8.24. The predicted octanol–water partition coefficient (Wildman–Crippen LogP) is 1.56. The van der Waals surface area contributed by atoms with Gasteiger partial charge in [-0.2, -0.15) is 0 Å². The second-order valence-corrected chi connectivity index (χ2v) is 5.40. The summed E-state index contributed by atoms with van der Waals surface area (Å²) in [6, 6.07) is 7.32. The van der Waals surface area contributed by atoms with Gasteiger partial charge in [-0.25, -0.2) is 0 Å². The number of rotatable bonds is 8. The maximum atomic E-state index is 12.1. The molecule has 0 aliphatic carbocycles. The molecule has 2 atom stereocenters. The van der Waals surface area contributed by atoms with Crippen molar-refractivity contribution in [2.75, 3.05) is 26.0 Å². The molecule has 1 aromatic carbocycles. The zero-order chi connectivity index (χ0) is 13.4. The van der Waals surface area contributed by atoms with Crippen molar-refractivity contribution in [1.29, 1.82) is 0 Å². The van der Waals surface area contributed by atoms with Crippen molar-refractivity contribution in [1.82, 2.24) is 0 Å². The molecule has 2 unspecified atom stereocenters. The van der Waals surface area contributed by atoms with Gasteiger partial charge in [-0.05, 0) is 31.5 Å². The minimum atomic E-state index is -1.04. The van der Waals surface area contributed by atoms with Crippen molar-refractivity contribution in [3.63, 3.8) is 0 Å². The normalized spacial score (nSPS) is 14.2. The van der Waals surface area contributed by atoms with Gasteiger partial charge in [-0.15, -0.1) is 0 Å². The summed E-state index contributed by atoms with van der Waals surface area (Å²) in [5.74, 6) is 1.27. The van der Waals surface area contributed by atoms with Crippen molar-refractivity contribution in [2.24, 2.45) is 5.73 Å². The van der Waals surface area contributed by atoms with Crippen molar-refractivity contribution in [3.8, 4) is 5.75 Å². The largest absolute Gasteiger partial charge is 0.497 e. The highest BCUT2D eigenvalue weighted by Crippen LogP contribution is 2.16. The van der Waals surface area contributed by atoms with E-state index in [1.54, 1.807) is 13.2 Å². The monoisotopic (exact) mass is 271 g/mol. The molecule has 0 amide bonds. The van der Waals surface area contributed by atoms with Crippen LogP contribution in [0.5, 0.6) is 5.75 Å². The fraction of sp³-hybridized carbons (Fsp3) is 0.538. The molecule has 0 saturated heterocycles. The third-order valence-corrected chi connectivity index (χ3v) is 3.98. The first-order valence-electron chi connectivity index (χ1n) is 6.05. The SMILES string of the molecule is CCOC(CN)CCS(=O)c1cccc(OC)c1. The quantitative estimate of drug-likeness (QED) is 0.779. The predicted molar refractivity (Wildman–Crippen MR) is 73.4 cm³/mol. The highest BCUT2D eigenvalue weighted by atomic mass is 32.2. The van der Waals surface area contributed by atoms with E-state index < -0.39 is 10.8 Å². The van der Waals surface area contributed by atoms with Gasteiger partial charge in [-0.1, -0.05) is 6.07 Å². The highest BCUT2D eigenvalue weighted by molar-refractivity contribution is 7.85. The molecule has 0 aromatic heterocycles. The van der Waals surface area contributed by atoms with Gasteiger partial charge in [0.05, 0.1) is 24.0 Å². The molecule has 0 saturated carbocycles. The molecule has 0 fully saturated rings. The molecule has 1 aromatic rings. The van der Waals surface area contributed by atoms with E-state index >= 15 is 0 Å². The lowest BCUT2D eigenvalue weighted by Gasteiger charge is -2.14. The zero-order valence-corrected chi connectivity index (χ0v) is 11.7. The minimum Gasteiger partial charge on any atom is -0.497 e. The van der Waals surface area contributed by atoms with E-state index in [0.29, 0.717) is 25.3 Å². The van der Waals surface area contributed by atoms with Crippen molar-refractivity contribution in [2.45, 2.75) is 24.3 Å². The Bertz CT molecular complexity index is 384. The fourth-order valence-electron chi connectivity index (χ4n) is 1.60. The first kappa shape index (κ1) is 15.1. The average molecular weight is 271 g/mol. The fourth-order valence-corrected chi connectivity index (χ4v) is 2.79. The molecule has 0 aliphatic heterocycles. The third-order valence-electron chi connectivity index (χ3n) is 2.59. The number of hydrogen-bond donors (Lipinski definition) is 1. The van der Waals surface area contributed by atoms with Gasteiger partial charge in [0, 0.05) is 23.8 Å². The van der Waals surface area contributed by atoms with Crippen LogP contribution in [0.2, 0.25) is 0 Å². The first-order chi connectivity index (χ1) is 8.71. The number of nitrogens with two attached hydrogens (primary N) is 1. The van der Waals surface area contributed by atoms with Crippen LogP contribution in [-0.4, -0.2) is 36.3 Å². The summed E-state index contributed by atoms with van der Waals surface area (Å²) in [4.78, 5) is 0.779. The van der Waals surface area contributed by atoms with Crippen LogP contribution in [0.25, 0.3) is 0 Å². The first-order valence-corrected chi connectivity index (χ1v) is 7.37. The Balaban J connectivity index is 2.53. The molecule has 5 heteroatoms. The van der Waals surface area contributed by atoms with Crippen LogP contribution in [-0.2, 0) is 15.5 Å².